The molecule has 25 heavy (non-hydrogen) atoms. The Morgan fingerprint density at radius 1 is 1.44 bits per heavy atom. The molecule has 0 aliphatic carbocycles. The molecule has 0 aromatic carbocycles. The normalized spacial score (nSPS) is 29.9. The number of aliphatic carboxylic acids is 1. The van der Waals surface area contributed by atoms with Gasteiger partial charge >= 0.3 is 5.97 Å². The predicted molar refractivity (Wildman–Crippen MR) is 94.5 cm³/mol. The summed E-state index contributed by atoms with van der Waals surface area (Å²) in [5.74, 6) is -1.71. The van der Waals surface area contributed by atoms with Gasteiger partial charge in [-0.05, 0) is 25.3 Å². The smallest absolute Gasteiger partial charge is 0.327 e. The number of ether oxygens (including phenoxy) is 1. The number of fused-ring (bicyclic) bond motifs is 1. The molecule has 7 nitrogen and oxygen atoms in total. The molecule has 3 atom stereocenters. The maximum absolute atomic E-state index is 12.9. The van der Waals surface area contributed by atoms with Gasteiger partial charge in [-0.1, -0.05) is 6.07 Å². The zero-order chi connectivity index (χ0) is 18.4. The Morgan fingerprint density at radius 2 is 2.16 bits per heavy atom. The minimum atomic E-state index is -1.21. The van der Waals surface area contributed by atoms with Crippen LogP contribution >= 0.6 is 23.1 Å². The molecule has 1 aromatic heterocycles. The van der Waals surface area contributed by atoms with Gasteiger partial charge in [0.1, 0.15) is 11.4 Å². The van der Waals surface area contributed by atoms with Crippen molar-refractivity contribution in [1.82, 2.24) is 10.2 Å². The number of carboxylic acid groups (broad SMARTS) is 1. The second-order valence-corrected chi connectivity index (χ2v) is 9.50. The van der Waals surface area contributed by atoms with E-state index in [1.807, 2.05) is 17.5 Å². The standard InChI is InChI=1S/C16H20N2O5S2/c1-15(2)11(12(20)21)18-13(22)16(8-23-3,14(18)25-15)17-10(19)7-9-5-4-6-24-9/h4-6,11,14H,7-8H2,1-3H3,(H,17,19)(H,20,21)/t11-,14+,16-/m0/s1. The first kappa shape index (κ1) is 18.2. The number of β-lactam (4-membered cyclic amide) rings is 1. The first-order valence-corrected chi connectivity index (χ1v) is 9.54. The Labute approximate surface area is 153 Å². The second-order valence-electron chi connectivity index (χ2n) is 6.74. The molecular formula is C16H20N2O5S2. The molecule has 0 spiro atoms. The number of thiophene rings is 1. The van der Waals surface area contributed by atoms with Crippen LogP contribution in [0.4, 0.5) is 0 Å². The van der Waals surface area contributed by atoms with E-state index < -0.39 is 33.6 Å². The summed E-state index contributed by atoms with van der Waals surface area (Å²) < 4.78 is 4.55. The molecule has 2 fully saturated rings. The van der Waals surface area contributed by atoms with Crippen LogP contribution < -0.4 is 5.32 Å². The van der Waals surface area contributed by atoms with E-state index in [1.165, 1.54) is 35.1 Å². The Bertz CT molecular complexity index is 705. The molecule has 0 radical (unpaired) electrons. The summed E-state index contributed by atoms with van der Waals surface area (Å²) in [5, 5.41) is 13.8. The molecule has 0 bridgehead atoms. The number of carbonyl (C=O) groups is 3. The maximum atomic E-state index is 12.9. The van der Waals surface area contributed by atoms with Crippen LogP contribution in [0.25, 0.3) is 0 Å². The van der Waals surface area contributed by atoms with Crippen LogP contribution in [0, 0.1) is 0 Å². The molecule has 2 N–H and O–H groups in total. The fraction of sp³-hybridized carbons (Fsp3) is 0.562. The summed E-state index contributed by atoms with van der Waals surface area (Å²) in [6, 6.07) is 2.80. The van der Waals surface area contributed by atoms with E-state index >= 15 is 0 Å². The van der Waals surface area contributed by atoms with Crippen molar-refractivity contribution in [3.8, 4) is 0 Å². The third kappa shape index (κ3) is 2.84. The van der Waals surface area contributed by atoms with Crippen molar-refractivity contribution in [2.24, 2.45) is 0 Å². The lowest BCUT2D eigenvalue weighted by molar-refractivity contribution is -0.172. The first-order valence-electron chi connectivity index (χ1n) is 7.78. The molecule has 1 aromatic rings. The van der Waals surface area contributed by atoms with Crippen molar-refractivity contribution >= 4 is 40.9 Å². The molecule has 2 aliphatic heterocycles. The first-order chi connectivity index (χ1) is 11.7. The van der Waals surface area contributed by atoms with Gasteiger partial charge in [0.2, 0.25) is 5.91 Å². The average Bonchev–Trinajstić information content (AvgIpc) is 3.10. The lowest BCUT2D eigenvalue weighted by atomic mass is 9.85. The number of rotatable bonds is 6. The molecule has 9 heteroatoms. The van der Waals surface area contributed by atoms with Gasteiger partial charge in [-0.3, -0.25) is 9.59 Å². The molecule has 3 heterocycles. The van der Waals surface area contributed by atoms with Crippen LogP contribution in [0.15, 0.2) is 17.5 Å². The number of amides is 2. The Hall–Kier alpha value is -1.58. The maximum Gasteiger partial charge on any atom is 0.327 e. The molecule has 2 aliphatic rings. The van der Waals surface area contributed by atoms with Crippen LogP contribution in [0.1, 0.15) is 18.7 Å². The van der Waals surface area contributed by atoms with Crippen LogP contribution in [0.5, 0.6) is 0 Å². The average molecular weight is 384 g/mol. The number of hydrogen-bond donors (Lipinski definition) is 2. The lowest BCUT2D eigenvalue weighted by Crippen LogP contribution is -2.81. The van der Waals surface area contributed by atoms with E-state index in [1.54, 1.807) is 13.8 Å². The summed E-state index contributed by atoms with van der Waals surface area (Å²) >= 11 is 2.86. The highest BCUT2D eigenvalue weighted by Gasteiger charge is 2.72. The van der Waals surface area contributed by atoms with E-state index in [4.69, 9.17) is 4.74 Å². The molecule has 2 amide bonds. The van der Waals surface area contributed by atoms with E-state index in [-0.39, 0.29) is 18.9 Å². The topological polar surface area (TPSA) is 95.9 Å². The number of nitrogens with zero attached hydrogens (tertiary/aromatic N) is 1. The second kappa shape index (κ2) is 6.30. The zero-order valence-electron chi connectivity index (χ0n) is 14.1. The van der Waals surface area contributed by atoms with Crippen molar-refractivity contribution in [1.29, 1.82) is 0 Å². The zero-order valence-corrected chi connectivity index (χ0v) is 15.8. The van der Waals surface area contributed by atoms with Crippen molar-refractivity contribution < 1.29 is 24.2 Å². The van der Waals surface area contributed by atoms with E-state index in [0.29, 0.717) is 0 Å². The van der Waals surface area contributed by atoms with E-state index in [2.05, 4.69) is 5.32 Å². The summed E-state index contributed by atoms with van der Waals surface area (Å²) in [6.07, 6.45) is 0.180. The van der Waals surface area contributed by atoms with Crippen LogP contribution in [-0.2, 0) is 25.5 Å². The van der Waals surface area contributed by atoms with Crippen molar-refractivity contribution in [2.75, 3.05) is 13.7 Å². The van der Waals surface area contributed by atoms with Crippen molar-refractivity contribution in [3.05, 3.63) is 22.4 Å². The number of carbonyl (C=O) groups excluding carboxylic acids is 2. The highest BCUT2D eigenvalue weighted by atomic mass is 32.2. The Balaban J connectivity index is 1.83. The molecule has 0 unspecified atom stereocenters. The predicted octanol–water partition coefficient (Wildman–Crippen LogP) is 0.939. The summed E-state index contributed by atoms with van der Waals surface area (Å²) in [5.41, 5.74) is -1.21. The fourth-order valence-corrected chi connectivity index (χ4v) is 5.89. The fourth-order valence-electron chi connectivity index (χ4n) is 3.50. The minimum Gasteiger partial charge on any atom is -0.480 e. The highest BCUT2D eigenvalue weighted by Crippen LogP contribution is 2.54. The van der Waals surface area contributed by atoms with Crippen molar-refractivity contribution in [2.45, 2.75) is 42.0 Å². The summed E-state index contributed by atoms with van der Waals surface area (Å²) in [7, 11) is 1.46. The minimum absolute atomic E-state index is 0.0125. The number of nitrogens with one attached hydrogen (secondary N) is 1. The number of carboxylic acids is 1. The van der Waals surface area contributed by atoms with Gasteiger partial charge in [0, 0.05) is 16.7 Å². The van der Waals surface area contributed by atoms with Gasteiger partial charge in [0.15, 0.2) is 5.54 Å². The number of methoxy groups -OCH3 is 1. The van der Waals surface area contributed by atoms with Gasteiger partial charge in [-0.25, -0.2) is 4.79 Å². The van der Waals surface area contributed by atoms with E-state index in [0.717, 1.165) is 4.88 Å². The molecule has 0 saturated carbocycles. The van der Waals surface area contributed by atoms with Crippen LogP contribution in [0.2, 0.25) is 0 Å². The van der Waals surface area contributed by atoms with Crippen LogP contribution in [-0.4, -0.2) is 63.2 Å². The Morgan fingerprint density at radius 3 is 2.72 bits per heavy atom. The van der Waals surface area contributed by atoms with Crippen molar-refractivity contribution in [3.63, 3.8) is 0 Å². The summed E-state index contributed by atoms with van der Waals surface area (Å²) in [4.78, 5) is 39.2. The molecule has 136 valence electrons. The van der Waals surface area contributed by atoms with Gasteiger partial charge in [-0.15, -0.1) is 23.1 Å². The van der Waals surface area contributed by atoms with Gasteiger partial charge in [0.05, 0.1) is 13.0 Å². The highest BCUT2D eigenvalue weighted by molar-refractivity contribution is 8.01. The monoisotopic (exact) mass is 384 g/mol. The van der Waals surface area contributed by atoms with Gasteiger partial charge in [-0.2, -0.15) is 0 Å². The molecule has 2 saturated heterocycles. The lowest BCUT2D eigenvalue weighted by Gasteiger charge is -2.52. The van der Waals surface area contributed by atoms with Crippen LogP contribution in [0.3, 0.4) is 0 Å². The number of hydrogen-bond acceptors (Lipinski definition) is 6. The molecule has 3 rings (SSSR count). The van der Waals surface area contributed by atoms with Gasteiger partial charge < -0.3 is 20.1 Å². The van der Waals surface area contributed by atoms with Gasteiger partial charge in [0.25, 0.3) is 5.91 Å². The summed E-state index contributed by atoms with van der Waals surface area (Å²) in [6.45, 7) is 3.61. The third-order valence-corrected chi connectivity index (χ3v) is 7.09. The molecular weight excluding hydrogens is 364 g/mol. The van der Waals surface area contributed by atoms with E-state index in [9.17, 15) is 19.5 Å². The largest absolute Gasteiger partial charge is 0.480 e. The number of thioether (sulfide) groups is 1. The Kier molecular flexibility index (Phi) is 4.59. The SMILES string of the molecule is COC[C@]1(NC(=O)Cc2cccs2)C(=O)N2[C@@H](C(=O)O)C(C)(C)S[C@@H]21. The third-order valence-electron chi connectivity index (χ3n) is 4.53. The quantitative estimate of drug-likeness (QED) is 0.709.